The van der Waals surface area contributed by atoms with Crippen molar-refractivity contribution < 1.29 is 10.2 Å². The smallest absolute Gasteiger partial charge is 0.154 e. The monoisotopic (exact) mass is 428 g/mol. The van der Waals surface area contributed by atoms with E-state index in [1.165, 1.54) is 33.5 Å². The molecule has 0 atom stereocenters. The van der Waals surface area contributed by atoms with Gasteiger partial charge in [0.25, 0.3) is 0 Å². The molecule has 0 spiro atoms. The Kier molecular flexibility index (Phi) is 6.40. The van der Waals surface area contributed by atoms with Crippen molar-refractivity contribution in [1.29, 1.82) is 0 Å². The van der Waals surface area contributed by atoms with Crippen LogP contribution in [-0.2, 0) is 6.54 Å². The molecule has 5 heteroatoms. The molecule has 30 heavy (non-hydrogen) atoms. The molecule has 4 rings (SSSR count). The fourth-order valence-electron chi connectivity index (χ4n) is 5.04. The van der Waals surface area contributed by atoms with Gasteiger partial charge in [-0.25, -0.2) is 0 Å². The normalized spacial score (nSPS) is 18.8. The third kappa shape index (κ3) is 4.38. The van der Waals surface area contributed by atoms with E-state index in [1.807, 2.05) is 12.1 Å². The second-order valence-electron chi connectivity index (χ2n) is 9.17. The predicted octanol–water partition coefficient (Wildman–Crippen LogP) is 4.39. The first-order valence-electron chi connectivity index (χ1n) is 11.0. The van der Waals surface area contributed by atoms with Gasteiger partial charge in [0.05, 0.1) is 10.7 Å². The van der Waals surface area contributed by atoms with E-state index >= 15 is 0 Å². The van der Waals surface area contributed by atoms with E-state index in [2.05, 4.69) is 48.8 Å². The first-order chi connectivity index (χ1) is 14.3. The van der Waals surface area contributed by atoms with Gasteiger partial charge in [0.2, 0.25) is 0 Å². The highest BCUT2D eigenvalue weighted by Crippen LogP contribution is 2.38. The van der Waals surface area contributed by atoms with Gasteiger partial charge >= 0.3 is 0 Å². The molecule has 2 aliphatic rings. The summed E-state index contributed by atoms with van der Waals surface area (Å²) in [5.74, 6) is 0.572. The second kappa shape index (κ2) is 8.88. The van der Waals surface area contributed by atoms with Crippen molar-refractivity contribution in [3.63, 3.8) is 0 Å². The number of piperidine rings is 1. The predicted molar refractivity (Wildman–Crippen MR) is 123 cm³/mol. The Labute approximate surface area is 185 Å². The van der Waals surface area contributed by atoms with Crippen LogP contribution < -0.4 is 4.90 Å². The van der Waals surface area contributed by atoms with E-state index in [1.54, 1.807) is 0 Å². The third-order valence-corrected chi connectivity index (χ3v) is 7.32. The summed E-state index contributed by atoms with van der Waals surface area (Å²) in [6.45, 7) is 11.4. The number of anilines is 1. The van der Waals surface area contributed by atoms with Gasteiger partial charge in [0.1, 0.15) is 0 Å². The zero-order valence-electron chi connectivity index (χ0n) is 18.2. The number of nitrogens with zero attached hydrogens (tertiary/aromatic N) is 2. The zero-order valence-corrected chi connectivity index (χ0v) is 19.0. The molecule has 2 saturated heterocycles. The number of para-hydroxylation sites is 1. The van der Waals surface area contributed by atoms with Crippen molar-refractivity contribution in [2.24, 2.45) is 5.92 Å². The molecule has 0 saturated carbocycles. The number of halogens is 1. The zero-order chi connectivity index (χ0) is 21.4. The summed E-state index contributed by atoms with van der Waals surface area (Å²) in [7, 11) is 0. The van der Waals surface area contributed by atoms with E-state index in [0.717, 1.165) is 50.6 Å². The molecule has 2 heterocycles. The SMILES string of the molecule is Cc1cc(C2CN(c3c(C)cccc3Cl)C2)cc(C)c1CN1CCC(C(O)O)CC1. The number of aryl methyl sites for hydroxylation is 3. The lowest BCUT2D eigenvalue weighted by Gasteiger charge is -2.43. The third-order valence-electron chi connectivity index (χ3n) is 7.01. The van der Waals surface area contributed by atoms with Crippen molar-refractivity contribution in [2.75, 3.05) is 31.1 Å². The van der Waals surface area contributed by atoms with Gasteiger partial charge in [0.15, 0.2) is 6.29 Å². The maximum atomic E-state index is 9.40. The molecule has 2 N–H and O–H groups in total. The second-order valence-corrected chi connectivity index (χ2v) is 9.57. The van der Waals surface area contributed by atoms with Crippen LogP contribution in [0.2, 0.25) is 5.02 Å². The minimum absolute atomic E-state index is 0.0223. The molecule has 0 amide bonds. The number of likely N-dealkylation sites (tertiary alicyclic amines) is 1. The van der Waals surface area contributed by atoms with Crippen LogP contribution in [0.15, 0.2) is 30.3 Å². The number of hydrogen-bond acceptors (Lipinski definition) is 4. The quantitative estimate of drug-likeness (QED) is 0.693. The molecule has 2 aliphatic heterocycles. The molecule has 4 nitrogen and oxygen atoms in total. The van der Waals surface area contributed by atoms with Gasteiger partial charge in [0, 0.05) is 31.5 Å². The molecule has 0 aromatic heterocycles. The van der Waals surface area contributed by atoms with Crippen LogP contribution in [0.3, 0.4) is 0 Å². The van der Waals surface area contributed by atoms with Crippen molar-refractivity contribution in [1.82, 2.24) is 4.90 Å². The van der Waals surface area contributed by atoms with Crippen LogP contribution in [0.4, 0.5) is 5.69 Å². The summed E-state index contributed by atoms with van der Waals surface area (Å²) >= 11 is 6.45. The van der Waals surface area contributed by atoms with Gasteiger partial charge < -0.3 is 15.1 Å². The highest BCUT2D eigenvalue weighted by molar-refractivity contribution is 6.33. The fraction of sp³-hybridized carbons (Fsp3) is 0.520. The summed E-state index contributed by atoms with van der Waals surface area (Å²) in [5.41, 5.74) is 7.98. The maximum Gasteiger partial charge on any atom is 0.154 e. The summed E-state index contributed by atoms with van der Waals surface area (Å²) in [4.78, 5) is 4.83. The van der Waals surface area contributed by atoms with E-state index in [-0.39, 0.29) is 5.92 Å². The minimum Gasteiger partial charge on any atom is -0.369 e. The van der Waals surface area contributed by atoms with E-state index < -0.39 is 6.29 Å². The van der Waals surface area contributed by atoms with E-state index in [0.29, 0.717) is 5.92 Å². The van der Waals surface area contributed by atoms with Crippen LogP contribution in [0.1, 0.15) is 46.6 Å². The van der Waals surface area contributed by atoms with E-state index in [4.69, 9.17) is 11.6 Å². The maximum absolute atomic E-state index is 9.40. The van der Waals surface area contributed by atoms with Crippen LogP contribution in [0, 0.1) is 26.7 Å². The molecule has 0 radical (unpaired) electrons. The number of aliphatic hydroxyl groups is 2. The van der Waals surface area contributed by atoms with Crippen LogP contribution in [0.5, 0.6) is 0 Å². The van der Waals surface area contributed by atoms with Gasteiger partial charge in [-0.05, 0) is 80.6 Å². The van der Waals surface area contributed by atoms with Gasteiger partial charge in [-0.3, -0.25) is 4.90 Å². The Hall–Kier alpha value is -1.59. The molecule has 162 valence electrons. The van der Waals surface area contributed by atoms with Crippen LogP contribution in [0.25, 0.3) is 0 Å². The van der Waals surface area contributed by atoms with Gasteiger partial charge in [-0.1, -0.05) is 35.9 Å². The standard InChI is InChI=1S/C25H33ClN2O2/c1-16-5-4-6-23(26)24(16)28-13-21(14-28)20-11-17(2)22(18(3)12-20)15-27-9-7-19(8-10-27)25(29)30/h4-6,11-12,19,21,25,29-30H,7-10,13-15H2,1-3H3. The molecule has 2 aromatic carbocycles. The number of rotatable bonds is 5. The Morgan fingerprint density at radius 2 is 1.63 bits per heavy atom. The van der Waals surface area contributed by atoms with Crippen molar-refractivity contribution in [3.05, 3.63) is 63.2 Å². The highest BCUT2D eigenvalue weighted by atomic mass is 35.5. The Morgan fingerprint density at radius 1 is 1.00 bits per heavy atom. The van der Waals surface area contributed by atoms with Crippen molar-refractivity contribution in [3.8, 4) is 0 Å². The lowest BCUT2D eigenvalue weighted by molar-refractivity contribution is -0.0985. The lowest BCUT2D eigenvalue weighted by Crippen LogP contribution is -2.45. The largest absolute Gasteiger partial charge is 0.369 e. The summed E-state index contributed by atoms with van der Waals surface area (Å²) < 4.78 is 0. The fourth-order valence-corrected chi connectivity index (χ4v) is 5.38. The molecule has 0 bridgehead atoms. The Balaban J connectivity index is 1.40. The van der Waals surface area contributed by atoms with Crippen molar-refractivity contribution in [2.45, 2.75) is 52.4 Å². The molecule has 2 fully saturated rings. The van der Waals surface area contributed by atoms with Crippen LogP contribution >= 0.6 is 11.6 Å². The average molecular weight is 429 g/mol. The minimum atomic E-state index is -1.17. The van der Waals surface area contributed by atoms with Gasteiger partial charge in [-0.2, -0.15) is 0 Å². The first kappa shape index (κ1) is 21.6. The van der Waals surface area contributed by atoms with Crippen molar-refractivity contribution >= 4 is 17.3 Å². The molecular weight excluding hydrogens is 396 g/mol. The number of benzene rings is 2. The summed E-state index contributed by atoms with van der Waals surface area (Å²) in [5, 5.41) is 19.6. The molecule has 0 unspecified atom stereocenters. The molecular formula is C25H33ClN2O2. The topological polar surface area (TPSA) is 46.9 Å². The van der Waals surface area contributed by atoms with Crippen LogP contribution in [-0.4, -0.2) is 47.6 Å². The Bertz CT molecular complexity index is 857. The summed E-state index contributed by atoms with van der Waals surface area (Å²) in [6, 6.07) is 10.9. The first-order valence-corrected chi connectivity index (χ1v) is 11.4. The molecule has 0 aliphatic carbocycles. The average Bonchev–Trinajstić information content (AvgIpc) is 2.66. The number of aliphatic hydroxyl groups excluding tert-OH is 1. The summed E-state index contributed by atoms with van der Waals surface area (Å²) in [6.07, 6.45) is 0.534. The van der Waals surface area contributed by atoms with E-state index in [9.17, 15) is 10.2 Å². The van der Waals surface area contributed by atoms with Gasteiger partial charge in [-0.15, -0.1) is 0 Å². The highest BCUT2D eigenvalue weighted by Gasteiger charge is 2.31. The number of hydrogen-bond donors (Lipinski definition) is 2. The Morgan fingerprint density at radius 3 is 2.20 bits per heavy atom. The molecule has 2 aromatic rings. The lowest BCUT2D eigenvalue weighted by atomic mass is 9.86.